The SMILES string of the molecule is NC1CCC(C(=O)Nc2cccc(CS(=O)(=O)Cc3ccccc3)c2)C1. The van der Waals surface area contributed by atoms with Crippen molar-refractivity contribution in [3.05, 3.63) is 65.7 Å². The average molecular weight is 372 g/mol. The molecule has 2 aromatic carbocycles. The maximum Gasteiger partial charge on any atom is 0.227 e. The number of nitrogens with one attached hydrogen (secondary N) is 1. The number of amides is 1. The van der Waals surface area contributed by atoms with Crippen LogP contribution in [0, 0.1) is 5.92 Å². The van der Waals surface area contributed by atoms with E-state index in [1.165, 1.54) is 0 Å². The summed E-state index contributed by atoms with van der Waals surface area (Å²) in [6.45, 7) is 0. The highest BCUT2D eigenvalue weighted by Gasteiger charge is 2.27. The van der Waals surface area contributed by atoms with Crippen LogP contribution >= 0.6 is 0 Å². The molecule has 0 saturated heterocycles. The largest absolute Gasteiger partial charge is 0.328 e. The molecule has 6 heteroatoms. The van der Waals surface area contributed by atoms with E-state index in [9.17, 15) is 13.2 Å². The summed E-state index contributed by atoms with van der Waals surface area (Å²) >= 11 is 0. The Kier molecular flexibility index (Phi) is 5.74. The minimum Gasteiger partial charge on any atom is -0.328 e. The van der Waals surface area contributed by atoms with Crippen LogP contribution in [0.4, 0.5) is 5.69 Å². The highest BCUT2D eigenvalue weighted by Crippen LogP contribution is 2.26. The molecular weight excluding hydrogens is 348 g/mol. The topological polar surface area (TPSA) is 89.3 Å². The zero-order valence-electron chi connectivity index (χ0n) is 14.6. The Morgan fingerprint density at radius 2 is 1.69 bits per heavy atom. The van der Waals surface area contributed by atoms with Crippen molar-refractivity contribution in [1.82, 2.24) is 0 Å². The maximum absolute atomic E-state index is 12.4. The molecule has 0 bridgehead atoms. The molecule has 138 valence electrons. The fraction of sp³-hybridized carbons (Fsp3) is 0.350. The third-order valence-electron chi connectivity index (χ3n) is 4.65. The van der Waals surface area contributed by atoms with Crippen molar-refractivity contribution in [2.24, 2.45) is 11.7 Å². The van der Waals surface area contributed by atoms with Crippen molar-refractivity contribution >= 4 is 21.4 Å². The number of hydrogen-bond donors (Lipinski definition) is 2. The predicted molar refractivity (Wildman–Crippen MR) is 103 cm³/mol. The van der Waals surface area contributed by atoms with Gasteiger partial charge < -0.3 is 11.1 Å². The molecule has 0 radical (unpaired) electrons. The second-order valence-electron chi connectivity index (χ2n) is 6.98. The summed E-state index contributed by atoms with van der Waals surface area (Å²) < 4.78 is 24.9. The molecular formula is C20H24N2O3S. The van der Waals surface area contributed by atoms with Gasteiger partial charge in [0.1, 0.15) is 0 Å². The van der Waals surface area contributed by atoms with E-state index in [4.69, 9.17) is 5.73 Å². The highest BCUT2D eigenvalue weighted by atomic mass is 32.2. The van der Waals surface area contributed by atoms with Gasteiger partial charge in [-0.05, 0) is 42.5 Å². The molecule has 3 rings (SSSR count). The number of hydrogen-bond acceptors (Lipinski definition) is 4. The Morgan fingerprint density at radius 3 is 2.38 bits per heavy atom. The van der Waals surface area contributed by atoms with Gasteiger partial charge in [0.2, 0.25) is 5.91 Å². The third kappa shape index (κ3) is 5.16. The molecule has 2 atom stereocenters. The number of benzene rings is 2. The van der Waals surface area contributed by atoms with E-state index in [0.29, 0.717) is 17.7 Å². The number of sulfone groups is 1. The van der Waals surface area contributed by atoms with E-state index < -0.39 is 9.84 Å². The Morgan fingerprint density at radius 1 is 1.00 bits per heavy atom. The zero-order valence-corrected chi connectivity index (χ0v) is 15.4. The van der Waals surface area contributed by atoms with Gasteiger partial charge in [0.25, 0.3) is 0 Å². The van der Waals surface area contributed by atoms with Gasteiger partial charge in [-0.25, -0.2) is 8.42 Å². The Bertz CT molecular complexity index is 866. The van der Waals surface area contributed by atoms with Crippen LogP contribution in [0.5, 0.6) is 0 Å². The number of nitrogens with two attached hydrogens (primary N) is 1. The fourth-order valence-corrected chi connectivity index (χ4v) is 4.86. The van der Waals surface area contributed by atoms with Crippen molar-refractivity contribution in [3.8, 4) is 0 Å². The molecule has 1 aliphatic carbocycles. The van der Waals surface area contributed by atoms with E-state index in [1.54, 1.807) is 36.4 Å². The van der Waals surface area contributed by atoms with Crippen molar-refractivity contribution in [2.75, 3.05) is 5.32 Å². The summed E-state index contributed by atoms with van der Waals surface area (Å²) in [5.74, 6) is -0.151. The number of carbonyl (C=O) groups excluding carboxylic acids is 1. The van der Waals surface area contributed by atoms with Crippen LogP contribution in [0.2, 0.25) is 0 Å². The molecule has 5 nitrogen and oxygen atoms in total. The normalized spacial score (nSPS) is 20.0. The first kappa shape index (κ1) is 18.6. The molecule has 0 aromatic heterocycles. The lowest BCUT2D eigenvalue weighted by atomic mass is 10.1. The first-order valence-corrected chi connectivity index (χ1v) is 10.6. The Balaban J connectivity index is 1.64. The molecule has 1 saturated carbocycles. The van der Waals surface area contributed by atoms with E-state index in [0.717, 1.165) is 18.4 Å². The minimum atomic E-state index is -3.29. The Labute approximate surface area is 154 Å². The van der Waals surface area contributed by atoms with Crippen LogP contribution < -0.4 is 11.1 Å². The van der Waals surface area contributed by atoms with Crippen LogP contribution in [-0.4, -0.2) is 20.4 Å². The molecule has 0 heterocycles. The lowest BCUT2D eigenvalue weighted by molar-refractivity contribution is -0.119. The van der Waals surface area contributed by atoms with Crippen LogP contribution in [0.25, 0.3) is 0 Å². The van der Waals surface area contributed by atoms with Gasteiger partial charge >= 0.3 is 0 Å². The second kappa shape index (κ2) is 8.01. The van der Waals surface area contributed by atoms with Gasteiger partial charge in [0.05, 0.1) is 11.5 Å². The van der Waals surface area contributed by atoms with E-state index >= 15 is 0 Å². The van der Waals surface area contributed by atoms with Gasteiger partial charge in [-0.15, -0.1) is 0 Å². The monoisotopic (exact) mass is 372 g/mol. The van der Waals surface area contributed by atoms with Gasteiger partial charge in [-0.1, -0.05) is 42.5 Å². The zero-order chi connectivity index (χ0) is 18.6. The average Bonchev–Trinajstić information content (AvgIpc) is 3.02. The molecule has 0 spiro atoms. The molecule has 1 amide bonds. The van der Waals surface area contributed by atoms with Crippen LogP contribution in [0.3, 0.4) is 0 Å². The van der Waals surface area contributed by atoms with E-state index in [2.05, 4.69) is 5.32 Å². The summed E-state index contributed by atoms with van der Waals surface area (Å²) in [5, 5.41) is 2.89. The quantitative estimate of drug-likeness (QED) is 0.816. The first-order valence-electron chi connectivity index (χ1n) is 8.81. The highest BCUT2D eigenvalue weighted by molar-refractivity contribution is 7.89. The van der Waals surface area contributed by atoms with E-state index in [1.807, 2.05) is 18.2 Å². The fourth-order valence-electron chi connectivity index (χ4n) is 3.37. The maximum atomic E-state index is 12.4. The standard InChI is InChI=1S/C20H24N2O3S/c21-18-10-9-17(12-18)20(23)22-19-8-4-7-16(11-19)14-26(24,25)13-15-5-2-1-3-6-15/h1-8,11,17-18H,9-10,12-14,21H2,(H,22,23). The summed E-state index contributed by atoms with van der Waals surface area (Å²) in [7, 11) is -3.29. The Hall–Kier alpha value is -2.18. The van der Waals surface area contributed by atoms with Gasteiger partial charge in [0.15, 0.2) is 9.84 Å². The van der Waals surface area contributed by atoms with Gasteiger partial charge in [-0.2, -0.15) is 0 Å². The van der Waals surface area contributed by atoms with Crippen LogP contribution in [0.15, 0.2) is 54.6 Å². The number of carbonyl (C=O) groups is 1. The summed E-state index contributed by atoms with van der Waals surface area (Å²) in [6.07, 6.45) is 2.38. The molecule has 1 fully saturated rings. The number of anilines is 1. The van der Waals surface area contributed by atoms with Gasteiger partial charge in [0, 0.05) is 17.6 Å². The summed E-state index contributed by atoms with van der Waals surface area (Å²) in [4.78, 5) is 12.3. The van der Waals surface area contributed by atoms with Gasteiger partial charge in [-0.3, -0.25) is 4.79 Å². The minimum absolute atomic E-state index is 0.00435. The molecule has 2 unspecified atom stereocenters. The summed E-state index contributed by atoms with van der Waals surface area (Å²) in [6, 6.07) is 16.3. The molecule has 2 aromatic rings. The van der Waals surface area contributed by atoms with Crippen molar-refractivity contribution in [3.63, 3.8) is 0 Å². The molecule has 1 aliphatic rings. The molecule has 3 N–H and O–H groups in total. The molecule has 26 heavy (non-hydrogen) atoms. The van der Waals surface area contributed by atoms with Crippen molar-refractivity contribution in [2.45, 2.75) is 36.8 Å². The second-order valence-corrected chi connectivity index (χ2v) is 9.04. The van der Waals surface area contributed by atoms with E-state index in [-0.39, 0.29) is 29.4 Å². The third-order valence-corrected chi connectivity index (χ3v) is 6.20. The lowest BCUT2D eigenvalue weighted by Crippen LogP contribution is -2.23. The first-order chi connectivity index (χ1) is 12.4. The predicted octanol–water partition coefficient (Wildman–Crippen LogP) is 2.87. The van der Waals surface area contributed by atoms with Crippen molar-refractivity contribution < 1.29 is 13.2 Å². The van der Waals surface area contributed by atoms with Crippen molar-refractivity contribution in [1.29, 1.82) is 0 Å². The summed E-state index contributed by atoms with van der Waals surface area (Å²) in [5.41, 5.74) is 7.94. The smallest absolute Gasteiger partial charge is 0.227 e. The number of rotatable bonds is 6. The lowest BCUT2D eigenvalue weighted by Gasteiger charge is -2.12. The van der Waals surface area contributed by atoms with Crippen LogP contribution in [0.1, 0.15) is 30.4 Å². The molecule has 0 aliphatic heterocycles. The van der Waals surface area contributed by atoms with Crippen LogP contribution in [-0.2, 0) is 26.1 Å².